The third-order valence-electron chi connectivity index (χ3n) is 6.14. The summed E-state index contributed by atoms with van der Waals surface area (Å²) >= 11 is 0. The molecular weight excluding hydrogens is 468 g/mol. The van der Waals surface area contributed by atoms with Gasteiger partial charge < -0.3 is 35.1 Å². The number of carbonyl (C=O) groups excluding carboxylic acids is 1. The standard InChI is InChI=1S/C17H26N2O3.C12H18N2O/c1-17(2,3)22-16(20)18-9-8-14-4-6-15(7-5-14)19-10-12-21-13-11-19;13-6-5-11-1-3-12(4-2-11)14-7-9-15-10-8-14/h4-7H,8-13H2,1-3H3,(H,18,20);1-4H,5-10,13H2. The third kappa shape index (κ3) is 10.6. The molecule has 8 heteroatoms. The molecule has 8 nitrogen and oxygen atoms in total. The molecule has 4 rings (SSSR count). The highest BCUT2D eigenvalue weighted by atomic mass is 16.6. The van der Waals surface area contributed by atoms with E-state index >= 15 is 0 Å². The van der Waals surface area contributed by atoms with Gasteiger partial charge in [0.05, 0.1) is 26.4 Å². The molecule has 2 fully saturated rings. The van der Waals surface area contributed by atoms with Crippen LogP contribution in [0.5, 0.6) is 0 Å². The summed E-state index contributed by atoms with van der Waals surface area (Å²) in [5.41, 5.74) is 10.1. The van der Waals surface area contributed by atoms with Crippen LogP contribution in [0.25, 0.3) is 0 Å². The number of nitrogens with zero attached hydrogens (tertiary/aromatic N) is 2. The zero-order valence-electron chi connectivity index (χ0n) is 22.7. The smallest absolute Gasteiger partial charge is 0.407 e. The lowest BCUT2D eigenvalue weighted by molar-refractivity contribution is 0.0528. The number of ether oxygens (including phenoxy) is 3. The highest BCUT2D eigenvalue weighted by Crippen LogP contribution is 2.18. The minimum atomic E-state index is -0.454. The minimum Gasteiger partial charge on any atom is -0.444 e. The van der Waals surface area contributed by atoms with Gasteiger partial charge in [-0.25, -0.2) is 4.79 Å². The molecule has 0 aliphatic carbocycles. The SMILES string of the molecule is CC(C)(C)OC(=O)NCCc1ccc(N2CCOCC2)cc1.NCCc1ccc(N2CCOCC2)cc1. The molecule has 0 unspecified atom stereocenters. The van der Waals surface area contributed by atoms with Crippen LogP contribution in [0.4, 0.5) is 16.2 Å². The van der Waals surface area contributed by atoms with Crippen molar-refractivity contribution in [2.45, 2.75) is 39.2 Å². The van der Waals surface area contributed by atoms with Crippen molar-refractivity contribution in [2.75, 3.05) is 75.5 Å². The Morgan fingerprint density at radius 1 is 0.811 bits per heavy atom. The molecule has 2 heterocycles. The summed E-state index contributed by atoms with van der Waals surface area (Å²) in [5, 5.41) is 2.78. The topological polar surface area (TPSA) is 89.3 Å². The predicted molar refractivity (Wildman–Crippen MR) is 150 cm³/mol. The van der Waals surface area contributed by atoms with Crippen LogP contribution in [0.3, 0.4) is 0 Å². The Morgan fingerprint density at radius 2 is 1.24 bits per heavy atom. The zero-order chi connectivity index (χ0) is 26.5. The van der Waals surface area contributed by atoms with Crippen molar-refractivity contribution in [2.24, 2.45) is 5.73 Å². The molecule has 0 spiro atoms. The highest BCUT2D eigenvalue weighted by Gasteiger charge is 2.15. The van der Waals surface area contributed by atoms with Gasteiger partial charge in [0.25, 0.3) is 0 Å². The molecule has 3 N–H and O–H groups in total. The van der Waals surface area contributed by atoms with E-state index in [1.165, 1.54) is 22.5 Å². The lowest BCUT2D eigenvalue weighted by atomic mass is 10.1. The molecule has 0 bridgehead atoms. The largest absolute Gasteiger partial charge is 0.444 e. The quantitative estimate of drug-likeness (QED) is 0.586. The van der Waals surface area contributed by atoms with E-state index in [1.54, 1.807) is 0 Å². The van der Waals surface area contributed by atoms with E-state index in [1.807, 2.05) is 20.8 Å². The van der Waals surface area contributed by atoms with E-state index in [9.17, 15) is 4.79 Å². The fraction of sp³-hybridized carbons (Fsp3) is 0.552. The summed E-state index contributed by atoms with van der Waals surface area (Å²) in [6.45, 7) is 14.0. The molecule has 2 aromatic rings. The number of morpholine rings is 2. The first-order valence-electron chi connectivity index (χ1n) is 13.3. The maximum atomic E-state index is 11.6. The van der Waals surface area contributed by atoms with Crippen LogP contribution in [0, 0.1) is 0 Å². The van der Waals surface area contributed by atoms with Crippen molar-refractivity contribution in [1.29, 1.82) is 0 Å². The number of hydrogen-bond acceptors (Lipinski definition) is 7. The maximum Gasteiger partial charge on any atom is 0.407 e. The number of rotatable bonds is 7. The monoisotopic (exact) mass is 512 g/mol. The Kier molecular flexibility index (Phi) is 11.5. The summed E-state index contributed by atoms with van der Waals surface area (Å²) < 4.78 is 15.9. The van der Waals surface area contributed by atoms with Crippen molar-refractivity contribution in [3.63, 3.8) is 0 Å². The zero-order valence-corrected chi connectivity index (χ0v) is 22.7. The summed E-state index contributed by atoms with van der Waals surface area (Å²) in [7, 11) is 0. The molecule has 37 heavy (non-hydrogen) atoms. The Bertz CT molecular complexity index is 916. The number of nitrogens with two attached hydrogens (primary N) is 1. The fourth-order valence-electron chi connectivity index (χ4n) is 4.18. The van der Waals surface area contributed by atoms with Gasteiger partial charge >= 0.3 is 6.09 Å². The first kappa shape index (κ1) is 28.8. The first-order chi connectivity index (χ1) is 17.8. The van der Waals surface area contributed by atoms with Crippen molar-refractivity contribution in [3.05, 3.63) is 59.7 Å². The maximum absolute atomic E-state index is 11.6. The van der Waals surface area contributed by atoms with Gasteiger partial charge in [-0.2, -0.15) is 0 Å². The van der Waals surface area contributed by atoms with Crippen molar-refractivity contribution in [1.82, 2.24) is 5.32 Å². The Morgan fingerprint density at radius 3 is 1.65 bits per heavy atom. The molecule has 0 radical (unpaired) electrons. The van der Waals surface area contributed by atoms with Crippen LogP contribution in [0.2, 0.25) is 0 Å². The second kappa shape index (κ2) is 14.8. The Balaban J connectivity index is 0.000000220. The molecule has 0 saturated carbocycles. The van der Waals surface area contributed by atoms with Gasteiger partial charge in [0.1, 0.15) is 5.60 Å². The summed E-state index contributed by atoms with van der Waals surface area (Å²) in [4.78, 5) is 16.2. The molecule has 0 atom stereocenters. The normalized spacial score (nSPS) is 16.0. The summed E-state index contributed by atoms with van der Waals surface area (Å²) in [6.07, 6.45) is 1.39. The molecule has 2 aromatic carbocycles. The molecule has 204 valence electrons. The van der Waals surface area contributed by atoms with E-state index in [-0.39, 0.29) is 6.09 Å². The van der Waals surface area contributed by atoms with Gasteiger partial charge in [-0.05, 0) is 75.5 Å². The van der Waals surface area contributed by atoms with E-state index in [0.717, 1.165) is 72.0 Å². The van der Waals surface area contributed by atoms with Crippen LogP contribution in [0.1, 0.15) is 31.9 Å². The van der Waals surface area contributed by atoms with Crippen molar-refractivity contribution < 1.29 is 19.0 Å². The van der Waals surface area contributed by atoms with Gasteiger partial charge in [0, 0.05) is 44.1 Å². The van der Waals surface area contributed by atoms with E-state index < -0.39 is 5.60 Å². The molecule has 1 amide bonds. The lowest BCUT2D eigenvalue weighted by Crippen LogP contribution is -2.36. The predicted octanol–water partition coefficient (Wildman–Crippen LogP) is 3.61. The minimum absolute atomic E-state index is 0.363. The van der Waals surface area contributed by atoms with Crippen molar-refractivity contribution >= 4 is 17.5 Å². The molecule has 2 aliphatic heterocycles. The Hall–Kier alpha value is -2.81. The third-order valence-corrected chi connectivity index (χ3v) is 6.14. The number of hydrogen-bond donors (Lipinski definition) is 2. The van der Waals surface area contributed by atoms with Gasteiger partial charge in [-0.15, -0.1) is 0 Å². The van der Waals surface area contributed by atoms with Crippen LogP contribution < -0.4 is 20.9 Å². The van der Waals surface area contributed by atoms with Crippen molar-refractivity contribution in [3.8, 4) is 0 Å². The van der Waals surface area contributed by atoms with Crippen LogP contribution in [-0.2, 0) is 27.1 Å². The van der Waals surface area contributed by atoms with Crippen LogP contribution in [0.15, 0.2) is 48.5 Å². The highest BCUT2D eigenvalue weighted by molar-refractivity contribution is 5.67. The van der Waals surface area contributed by atoms with E-state index in [2.05, 4.69) is 63.6 Å². The van der Waals surface area contributed by atoms with E-state index in [4.69, 9.17) is 19.9 Å². The van der Waals surface area contributed by atoms with Crippen LogP contribution in [-0.4, -0.2) is 77.4 Å². The number of amides is 1. The number of alkyl carbamates (subject to hydrolysis) is 1. The molecule has 2 saturated heterocycles. The van der Waals surface area contributed by atoms with Gasteiger partial charge in [-0.3, -0.25) is 0 Å². The Labute approximate surface area is 222 Å². The van der Waals surface area contributed by atoms with Gasteiger partial charge in [-0.1, -0.05) is 24.3 Å². The van der Waals surface area contributed by atoms with Crippen LogP contribution >= 0.6 is 0 Å². The van der Waals surface area contributed by atoms with Gasteiger partial charge in [0.15, 0.2) is 0 Å². The molecular formula is C29H44N4O4. The molecule has 0 aromatic heterocycles. The second-order valence-corrected chi connectivity index (χ2v) is 10.2. The lowest BCUT2D eigenvalue weighted by Gasteiger charge is -2.28. The number of anilines is 2. The number of benzene rings is 2. The summed E-state index contributed by atoms with van der Waals surface area (Å²) in [5.74, 6) is 0. The number of nitrogens with one attached hydrogen (secondary N) is 1. The first-order valence-corrected chi connectivity index (χ1v) is 13.3. The second-order valence-electron chi connectivity index (χ2n) is 10.2. The number of carbonyl (C=O) groups is 1. The molecule has 2 aliphatic rings. The average Bonchev–Trinajstić information content (AvgIpc) is 2.90. The van der Waals surface area contributed by atoms with Gasteiger partial charge in [0.2, 0.25) is 0 Å². The summed E-state index contributed by atoms with van der Waals surface area (Å²) in [6, 6.07) is 17.2. The average molecular weight is 513 g/mol. The fourth-order valence-corrected chi connectivity index (χ4v) is 4.18. The van der Waals surface area contributed by atoms with E-state index in [0.29, 0.717) is 6.54 Å².